The molecule has 0 aliphatic carbocycles. The van der Waals surface area contributed by atoms with Gasteiger partial charge in [-0.1, -0.05) is 29.8 Å². The number of aryl methyl sites for hydroxylation is 1. The van der Waals surface area contributed by atoms with E-state index >= 15 is 0 Å². The van der Waals surface area contributed by atoms with E-state index in [1.807, 2.05) is 50.2 Å². The van der Waals surface area contributed by atoms with Crippen LogP contribution in [0.2, 0.25) is 5.02 Å². The molecule has 0 saturated carbocycles. The molecule has 2 aromatic carbocycles. The van der Waals surface area contributed by atoms with Crippen LogP contribution in [0.25, 0.3) is 11.4 Å². The van der Waals surface area contributed by atoms with E-state index < -0.39 is 0 Å². The van der Waals surface area contributed by atoms with Crippen LogP contribution in [0.15, 0.2) is 48.5 Å². The third kappa shape index (κ3) is 6.92. The summed E-state index contributed by atoms with van der Waals surface area (Å²) in [7, 11) is 0. The molecule has 9 heteroatoms. The van der Waals surface area contributed by atoms with Crippen LogP contribution in [0.1, 0.15) is 28.4 Å². The number of amides is 2. The molecule has 8 nitrogen and oxygen atoms in total. The average molecular weight is 481 g/mol. The van der Waals surface area contributed by atoms with Gasteiger partial charge < -0.3 is 21.3 Å². The zero-order chi connectivity index (χ0) is 24.5. The first-order valence-corrected chi connectivity index (χ1v) is 11.4. The summed E-state index contributed by atoms with van der Waals surface area (Å²) in [5, 5.41) is 12.9. The molecule has 3 rings (SSSR count). The van der Waals surface area contributed by atoms with E-state index in [0.717, 1.165) is 16.7 Å². The van der Waals surface area contributed by atoms with Crippen LogP contribution in [0.4, 0.5) is 11.6 Å². The van der Waals surface area contributed by atoms with Gasteiger partial charge >= 0.3 is 0 Å². The Kier molecular flexibility index (Phi) is 8.81. The Morgan fingerprint density at radius 3 is 2.00 bits per heavy atom. The second-order valence-corrected chi connectivity index (χ2v) is 8.22. The molecule has 3 aromatic rings. The van der Waals surface area contributed by atoms with Crippen LogP contribution in [-0.2, 0) is 4.79 Å². The standard InChI is InChI=1S/C25H29ClN6O2/c1-16-6-4-5-7-21(16)25(34)30-15-14-29-23-17(2)22(28-13-12-27-18(3)33)31-24(32-23)19-8-10-20(26)11-9-19/h4-11H,12-15H2,1-3H3,(H,27,33)(H,30,34)(H2,28,29,31,32). The first kappa shape index (κ1) is 25.0. The highest BCUT2D eigenvalue weighted by Gasteiger charge is 2.13. The quantitative estimate of drug-likeness (QED) is 0.329. The largest absolute Gasteiger partial charge is 0.368 e. The number of aromatic nitrogens is 2. The van der Waals surface area contributed by atoms with Crippen LogP contribution in [-0.4, -0.2) is 48.0 Å². The van der Waals surface area contributed by atoms with Crippen LogP contribution >= 0.6 is 11.6 Å². The fraction of sp³-hybridized carbons (Fsp3) is 0.280. The smallest absolute Gasteiger partial charge is 0.251 e. The Labute approximate surface area is 204 Å². The van der Waals surface area contributed by atoms with Gasteiger partial charge in [-0.3, -0.25) is 9.59 Å². The maximum Gasteiger partial charge on any atom is 0.251 e. The Morgan fingerprint density at radius 2 is 1.41 bits per heavy atom. The predicted octanol–water partition coefficient (Wildman–Crippen LogP) is 3.80. The lowest BCUT2D eigenvalue weighted by Crippen LogP contribution is -2.29. The monoisotopic (exact) mass is 480 g/mol. The summed E-state index contributed by atoms with van der Waals surface area (Å²) in [6, 6.07) is 14.8. The van der Waals surface area contributed by atoms with E-state index in [9.17, 15) is 9.59 Å². The number of halogens is 1. The molecule has 0 bridgehead atoms. The minimum Gasteiger partial charge on any atom is -0.368 e. The zero-order valence-corrected chi connectivity index (χ0v) is 20.3. The van der Waals surface area contributed by atoms with Crippen molar-refractivity contribution in [2.24, 2.45) is 0 Å². The fourth-order valence-corrected chi connectivity index (χ4v) is 3.41. The Bertz CT molecular complexity index is 1150. The number of anilines is 2. The zero-order valence-electron chi connectivity index (χ0n) is 19.5. The molecule has 0 unspecified atom stereocenters. The van der Waals surface area contributed by atoms with E-state index in [1.165, 1.54) is 6.92 Å². The number of hydrogen-bond donors (Lipinski definition) is 4. The van der Waals surface area contributed by atoms with Gasteiger partial charge in [0.25, 0.3) is 5.91 Å². The number of rotatable bonds is 10. The van der Waals surface area contributed by atoms with Gasteiger partial charge in [0.2, 0.25) is 5.91 Å². The summed E-state index contributed by atoms with van der Waals surface area (Å²) in [5.41, 5.74) is 3.26. The van der Waals surface area contributed by atoms with Crippen molar-refractivity contribution >= 4 is 35.1 Å². The normalized spacial score (nSPS) is 10.5. The molecule has 2 amide bonds. The lowest BCUT2D eigenvalue weighted by molar-refractivity contribution is -0.118. The molecule has 0 saturated heterocycles. The minimum absolute atomic E-state index is 0.0850. The van der Waals surface area contributed by atoms with Crippen molar-refractivity contribution in [1.29, 1.82) is 0 Å². The van der Waals surface area contributed by atoms with E-state index in [1.54, 1.807) is 12.1 Å². The Morgan fingerprint density at radius 1 is 0.824 bits per heavy atom. The molecule has 1 heterocycles. The molecular weight excluding hydrogens is 452 g/mol. The van der Waals surface area contributed by atoms with Gasteiger partial charge in [-0.05, 0) is 49.7 Å². The van der Waals surface area contributed by atoms with E-state index in [2.05, 4.69) is 26.3 Å². The van der Waals surface area contributed by atoms with Crippen molar-refractivity contribution < 1.29 is 9.59 Å². The van der Waals surface area contributed by atoms with E-state index in [4.69, 9.17) is 16.6 Å². The topological polar surface area (TPSA) is 108 Å². The highest BCUT2D eigenvalue weighted by molar-refractivity contribution is 6.30. The van der Waals surface area contributed by atoms with Gasteiger partial charge in [0, 0.05) is 54.8 Å². The number of carbonyl (C=O) groups is 2. The number of nitrogens with zero attached hydrogens (tertiary/aromatic N) is 2. The first-order valence-electron chi connectivity index (χ1n) is 11.1. The molecule has 0 aliphatic rings. The van der Waals surface area contributed by atoms with Crippen molar-refractivity contribution in [3.63, 3.8) is 0 Å². The van der Waals surface area contributed by atoms with Crippen molar-refractivity contribution in [3.05, 3.63) is 70.2 Å². The van der Waals surface area contributed by atoms with Crippen molar-refractivity contribution in [3.8, 4) is 11.4 Å². The van der Waals surface area contributed by atoms with Crippen molar-refractivity contribution in [1.82, 2.24) is 20.6 Å². The van der Waals surface area contributed by atoms with E-state index in [0.29, 0.717) is 54.2 Å². The highest BCUT2D eigenvalue weighted by atomic mass is 35.5. The number of carbonyl (C=O) groups excluding carboxylic acids is 2. The Balaban J connectivity index is 1.71. The molecule has 0 fully saturated rings. The number of hydrogen-bond acceptors (Lipinski definition) is 6. The maximum absolute atomic E-state index is 12.4. The summed E-state index contributed by atoms with van der Waals surface area (Å²) in [5.74, 6) is 1.67. The van der Waals surface area contributed by atoms with Gasteiger partial charge in [-0.2, -0.15) is 0 Å². The van der Waals surface area contributed by atoms with Crippen LogP contribution in [0.5, 0.6) is 0 Å². The molecule has 0 atom stereocenters. The van der Waals surface area contributed by atoms with Gasteiger partial charge in [0.1, 0.15) is 11.6 Å². The minimum atomic E-state index is -0.110. The van der Waals surface area contributed by atoms with Crippen molar-refractivity contribution in [2.75, 3.05) is 36.8 Å². The Hall–Kier alpha value is -3.65. The summed E-state index contributed by atoms with van der Waals surface area (Å²) < 4.78 is 0. The molecule has 0 spiro atoms. The van der Waals surface area contributed by atoms with Gasteiger partial charge in [0.05, 0.1) is 0 Å². The molecule has 178 valence electrons. The number of nitrogens with one attached hydrogen (secondary N) is 4. The summed E-state index contributed by atoms with van der Waals surface area (Å²) in [4.78, 5) is 32.9. The summed E-state index contributed by atoms with van der Waals surface area (Å²) in [6.07, 6.45) is 0. The summed E-state index contributed by atoms with van der Waals surface area (Å²) >= 11 is 6.03. The predicted molar refractivity (Wildman–Crippen MR) is 136 cm³/mol. The second kappa shape index (κ2) is 12.0. The van der Waals surface area contributed by atoms with Gasteiger partial charge in [0.15, 0.2) is 5.82 Å². The van der Waals surface area contributed by atoms with Crippen LogP contribution in [0, 0.1) is 13.8 Å². The molecule has 1 aromatic heterocycles. The maximum atomic E-state index is 12.4. The average Bonchev–Trinajstić information content (AvgIpc) is 2.81. The van der Waals surface area contributed by atoms with Crippen molar-refractivity contribution in [2.45, 2.75) is 20.8 Å². The lowest BCUT2D eigenvalue weighted by Gasteiger charge is -2.16. The number of benzene rings is 2. The first-order chi connectivity index (χ1) is 16.3. The van der Waals surface area contributed by atoms with E-state index in [-0.39, 0.29) is 11.8 Å². The molecule has 4 N–H and O–H groups in total. The molecule has 34 heavy (non-hydrogen) atoms. The fourth-order valence-electron chi connectivity index (χ4n) is 3.29. The molecule has 0 aliphatic heterocycles. The lowest BCUT2D eigenvalue weighted by atomic mass is 10.1. The summed E-state index contributed by atoms with van der Waals surface area (Å²) in [6.45, 7) is 7.22. The third-order valence-electron chi connectivity index (χ3n) is 5.13. The van der Waals surface area contributed by atoms with Gasteiger partial charge in [-0.15, -0.1) is 0 Å². The SMILES string of the molecule is CC(=O)NCCNc1nc(-c2ccc(Cl)cc2)nc(NCCNC(=O)c2ccccc2C)c1C. The third-order valence-corrected chi connectivity index (χ3v) is 5.38. The molecule has 0 radical (unpaired) electrons. The van der Waals surface area contributed by atoms with Crippen LogP contribution in [0.3, 0.4) is 0 Å². The highest BCUT2D eigenvalue weighted by Crippen LogP contribution is 2.26. The van der Waals surface area contributed by atoms with Gasteiger partial charge in [-0.25, -0.2) is 9.97 Å². The second-order valence-electron chi connectivity index (χ2n) is 7.78. The molecular formula is C25H29ClN6O2. The van der Waals surface area contributed by atoms with Crippen LogP contribution < -0.4 is 21.3 Å².